The average molecular weight is 280 g/mol. The van der Waals surface area contributed by atoms with Crippen LogP contribution in [-0.2, 0) is 13.0 Å². The van der Waals surface area contributed by atoms with Gasteiger partial charge in [-0.25, -0.2) is 0 Å². The van der Waals surface area contributed by atoms with Gasteiger partial charge in [-0.1, -0.05) is 24.3 Å². The van der Waals surface area contributed by atoms with Crippen molar-refractivity contribution in [3.05, 3.63) is 58.7 Å². The van der Waals surface area contributed by atoms with Gasteiger partial charge >= 0.3 is 0 Å². The number of aryl methyl sites for hydroxylation is 3. The van der Waals surface area contributed by atoms with Crippen LogP contribution in [0.4, 0.5) is 11.4 Å². The lowest BCUT2D eigenvalue weighted by molar-refractivity contribution is 0.743. The molecule has 0 atom stereocenters. The van der Waals surface area contributed by atoms with Crippen molar-refractivity contribution < 1.29 is 0 Å². The maximum absolute atomic E-state index is 3.57. The Bertz CT molecular complexity index is 646. The van der Waals surface area contributed by atoms with Gasteiger partial charge in [-0.15, -0.1) is 0 Å². The van der Waals surface area contributed by atoms with Crippen LogP contribution < -0.4 is 10.2 Å². The highest BCUT2D eigenvalue weighted by atomic mass is 15.1. The van der Waals surface area contributed by atoms with Crippen LogP contribution >= 0.6 is 0 Å². The number of hydrogen-bond acceptors (Lipinski definition) is 2. The first-order valence-electron chi connectivity index (χ1n) is 7.77. The Morgan fingerprint density at radius 1 is 1.10 bits per heavy atom. The molecule has 1 N–H and O–H groups in total. The first-order chi connectivity index (χ1) is 10.1. The Balaban J connectivity index is 1.75. The maximum Gasteiger partial charge on any atom is 0.0401 e. The average Bonchev–Trinajstić information content (AvgIpc) is 2.48. The Morgan fingerprint density at radius 3 is 2.81 bits per heavy atom. The SMILES string of the molecule is Cc1ccc(C)c(NCc2ccc3c(c2)CCCN3C)c1. The molecule has 2 nitrogen and oxygen atoms in total. The van der Waals surface area contributed by atoms with Crippen molar-refractivity contribution in [3.8, 4) is 0 Å². The number of benzene rings is 2. The summed E-state index contributed by atoms with van der Waals surface area (Å²) >= 11 is 0. The molecule has 0 amide bonds. The van der Waals surface area contributed by atoms with Crippen LogP contribution in [-0.4, -0.2) is 13.6 Å². The molecular formula is C19H24N2. The fourth-order valence-corrected chi connectivity index (χ4v) is 3.07. The summed E-state index contributed by atoms with van der Waals surface area (Å²) in [7, 11) is 2.19. The minimum absolute atomic E-state index is 0.890. The summed E-state index contributed by atoms with van der Waals surface area (Å²) < 4.78 is 0. The summed E-state index contributed by atoms with van der Waals surface area (Å²) in [6.07, 6.45) is 2.47. The van der Waals surface area contributed by atoms with Crippen LogP contribution in [0.25, 0.3) is 0 Å². The summed E-state index contributed by atoms with van der Waals surface area (Å²) in [6, 6.07) is 13.5. The van der Waals surface area contributed by atoms with E-state index in [9.17, 15) is 0 Å². The third-order valence-electron chi connectivity index (χ3n) is 4.37. The maximum atomic E-state index is 3.57. The third kappa shape index (κ3) is 3.05. The molecule has 0 aliphatic carbocycles. The molecule has 1 heterocycles. The molecule has 2 heteroatoms. The summed E-state index contributed by atoms with van der Waals surface area (Å²) in [5, 5.41) is 3.57. The van der Waals surface area contributed by atoms with Gasteiger partial charge in [0.05, 0.1) is 0 Å². The second-order valence-electron chi connectivity index (χ2n) is 6.16. The minimum atomic E-state index is 0.890. The summed E-state index contributed by atoms with van der Waals surface area (Å²) in [6.45, 7) is 6.36. The van der Waals surface area contributed by atoms with Gasteiger partial charge < -0.3 is 10.2 Å². The number of rotatable bonds is 3. The summed E-state index contributed by atoms with van der Waals surface area (Å²) in [5.74, 6) is 0. The Morgan fingerprint density at radius 2 is 1.95 bits per heavy atom. The molecule has 2 aromatic carbocycles. The predicted octanol–water partition coefficient (Wildman–Crippen LogP) is 4.30. The first-order valence-corrected chi connectivity index (χ1v) is 7.77. The van der Waals surface area contributed by atoms with E-state index in [0.717, 1.165) is 6.54 Å². The van der Waals surface area contributed by atoms with Gasteiger partial charge in [0, 0.05) is 31.5 Å². The van der Waals surface area contributed by atoms with Crippen molar-refractivity contribution in [2.24, 2.45) is 0 Å². The van der Waals surface area contributed by atoms with Crippen molar-refractivity contribution in [3.63, 3.8) is 0 Å². The highest BCUT2D eigenvalue weighted by Gasteiger charge is 2.13. The van der Waals surface area contributed by atoms with E-state index in [0.29, 0.717) is 0 Å². The molecule has 0 saturated carbocycles. The molecule has 3 rings (SSSR count). The highest BCUT2D eigenvalue weighted by Crippen LogP contribution is 2.27. The molecule has 0 aromatic heterocycles. The Kier molecular flexibility index (Phi) is 3.87. The first kappa shape index (κ1) is 14.0. The predicted molar refractivity (Wildman–Crippen MR) is 91.3 cm³/mol. The lowest BCUT2D eigenvalue weighted by Crippen LogP contribution is -2.24. The number of anilines is 2. The van der Waals surface area contributed by atoms with E-state index in [1.165, 1.54) is 53.0 Å². The standard InChI is InChI=1S/C19H24N2/c1-14-6-7-15(2)18(11-14)20-13-16-8-9-19-17(12-16)5-4-10-21(19)3/h6-9,11-12,20H,4-5,10,13H2,1-3H3. The largest absolute Gasteiger partial charge is 0.381 e. The van der Waals surface area contributed by atoms with E-state index in [4.69, 9.17) is 0 Å². The van der Waals surface area contributed by atoms with E-state index in [1.54, 1.807) is 0 Å². The number of hydrogen-bond donors (Lipinski definition) is 1. The van der Waals surface area contributed by atoms with Crippen LogP contribution in [0, 0.1) is 13.8 Å². The topological polar surface area (TPSA) is 15.3 Å². The molecule has 1 aliphatic heterocycles. The fraction of sp³-hybridized carbons (Fsp3) is 0.368. The Hall–Kier alpha value is -1.96. The van der Waals surface area contributed by atoms with Crippen molar-refractivity contribution >= 4 is 11.4 Å². The summed E-state index contributed by atoms with van der Waals surface area (Å²) in [5.41, 5.74) is 8.10. The number of nitrogens with zero attached hydrogens (tertiary/aromatic N) is 1. The summed E-state index contributed by atoms with van der Waals surface area (Å²) in [4.78, 5) is 2.36. The number of nitrogens with one attached hydrogen (secondary N) is 1. The molecule has 0 unspecified atom stereocenters. The van der Waals surface area contributed by atoms with Crippen LogP contribution in [0.15, 0.2) is 36.4 Å². The molecule has 0 saturated heterocycles. The lowest BCUT2D eigenvalue weighted by Gasteiger charge is -2.28. The van der Waals surface area contributed by atoms with Gasteiger partial charge in [0.15, 0.2) is 0 Å². The fourth-order valence-electron chi connectivity index (χ4n) is 3.07. The van der Waals surface area contributed by atoms with Gasteiger partial charge in [0.1, 0.15) is 0 Å². The van der Waals surface area contributed by atoms with Crippen LogP contribution in [0.2, 0.25) is 0 Å². The quantitative estimate of drug-likeness (QED) is 0.902. The lowest BCUT2D eigenvalue weighted by atomic mass is 9.99. The molecular weight excluding hydrogens is 256 g/mol. The molecule has 0 fully saturated rings. The van der Waals surface area contributed by atoms with Crippen molar-refractivity contribution in [1.82, 2.24) is 0 Å². The second kappa shape index (κ2) is 5.80. The van der Waals surface area contributed by atoms with Gasteiger partial charge in [-0.05, 0) is 61.1 Å². The second-order valence-corrected chi connectivity index (χ2v) is 6.16. The van der Waals surface area contributed by atoms with Crippen molar-refractivity contribution in [2.75, 3.05) is 23.8 Å². The van der Waals surface area contributed by atoms with Gasteiger partial charge in [-0.2, -0.15) is 0 Å². The smallest absolute Gasteiger partial charge is 0.0401 e. The van der Waals surface area contributed by atoms with Gasteiger partial charge in [0.25, 0.3) is 0 Å². The zero-order valence-electron chi connectivity index (χ0n) is 13.2. The van der Waals surface area contributed by atoms with Crippen LogP contribution in [0.5, 0.6) is 0 Å². The third-order valence-corrected chi connectivity index (χ3v) is 4.37. The minimum Gasteiger partial charge on any atom is -0.381 e. The van der Waals surface area contributed by atoms with Crippen molar-refractivity contribution in [1.29, 1.82) is 0 Å². The molecule has 0 bridgehead atoms. The highest BCUT2D eigenvalue weighted by molar-refractivity contribution is 5.57. The van der Waals surface area contributed by atoms with Gasteiger partial charge in [-0.3, -0.25) is 0 Å². The molecule has 0 radical (unpaired) electrons. The zero-order chi connectivity index (χ0) is 14.8. The molecule has 110 valence electrons. The molecule has 21 heavy (non-hydrogen) atoms. The van der Waals surface area contributed by atoms with Gasteiger partial charge in [0.2, 0.25) is 0 Å². The van der Waals surface area contributed by atoms with E-state index >= 15 is 0 Å². The molecule has 2 aromatic rings. The monoisotopic (exact) mass is 280 g/mol. The molecule has 0 spiro atoms. The molecule has 1 aliphatic rings. The van der Waals surface area contributed by atoms with E-state index < -0.39 is 0 Å². The normalized spacial score (nSPS) is 14.0. The van der Waals surface area contributed by atoms with Crippen LogP contribution in [0.1, 0.15) is 28.7 Å². The van der Waals surface area contributed by atoms with E-state index in [-0.39, 0.29) is 0 Å². The number of fused-ring (bicyclic) bond motifs is 1. The Labute approximate surface area is 127 Å². The van der Waals surface area contributed by atoms with E-state index in [2.05, 4.69) is 67.5 Å². The van der Waals surface area contributed by atoms with Crippen molar-refractivity contribution in [2.45, 2.75) is 33.2 Å². The van der Waals surface area contributed by atoms with E-state index in [1.807, 2.05) is 0 Å². The van der Waals surface area contributed by atoms with Crippen LogP contribution in [0.3, 0.4) is 0 Å². The zero-order valence-corrected chi connectivity index (χ0v) is 13.2.